The summed E-state index contributed by atoms with van der Waals surface area (Å²) in [6.07, 6.45) is -2.80. The standard InChI is InChI=1S/C9H7BrF2N2O/c10-5-2-1-4(3-13)8(15)6(5)7(14)9(11)12/h1-2,7,9,15H,14H2/t7-/m0/s1. The fraction of sp³-hybridized carbons (Fsp3) is 0.222. The van der Waals surface area contributed by atoms with Crippen LogP contribution in [0.1, 0.15) is 17.2 Å². The molecule has 1 aromatic rings. The molecule has 0 saturated heterocycles. The molecule has 0 radical (unpaired) electrons. The van der Waals surface area contributed by atoms with Crippen LogP contribution in [0.5, 0.6) is 5.75 Å². The number of nitrogens with zero attached hydrogens (tertiary/aromatic N) is 1. The Labute approximate surface area is 93.3 Å². The van der Waals surface area contributed by atoms with E-state index in [9.17, 15) is 13.9 Å². The number of aromatic hydroxyl groups is 1. The lowest BCUT2D eigenvalue weighted by atomic mass is 10.0. The van der Waals surface area contributed by atoms with E-state index in [1.54, 1.807) is 6.07 Å². The van der Waals surface area contributed by atoms with Gasteiger partial charge in [0.2, 0.25) is 0 Å². The second-order valence-electron chi connectivity index (χ2n) is 2.83. The Morgan fingerprint density at radius 1 is 1.47 bits per heavy atom. The highest BCUT2D eigenvalue weighted by molar-refractivity contribution is 9.10. The van der Waals surface area contributed by atoms with Crippen molar-refractivity contribution in [2.24, 2.45) is 5.73 Å². The minimum atomic E-state index is -2.80. The highest BCUT2D eigenvalue weighted by Gasteiger charge is 2.24. The molecule has 0 aliphatic rings. The van der Waals surface area contributed by atoms with Gasteiger partial charge in [-0.25, -0.2) is 8.78 Å². The van der Waals surface area contributed by atoms with Crippen molar-refractivity contribution in [3.05, 3.63) is 27.7 Å². The molecule has 15 heavy (non-hydrogen) atoms. The highest BCUT2D eigenvalue weighted by atomic mass is 79.9. The molecule has 0 aromatic heterocycles. The van der Waals surface area contributed by atoms with Crippen LogP contribution in [0, 0.1) is 11.3 Å². The van der Waals surface area contributed by atoms with Gasteiger partial charge in [-0.2, -0.15) is 5.26 Å². The molecule has 3 nitrogen and oxygen atoms in total. The molecule has 6 heteroatoms. The number of phenolic OH excluding ortho intramolecular Hbond substituents is 1. The number of nitriles is 1. The second kappa shape index (κ2) is 4.55. The summed E-state index contributed by atoms with van der Waals surface area (Å²) < 4.78 is 25.0. The van der Waals surface area contributed by atoms with Gasteiger partial charge in [0.25, 0.3) is 6.43 Å². The number of nitrogens with two attached hydrogens (primary N) is 1. The summed E-state index contributed by atoms with van der Waals surface area (Å²) in [6, 6.07) is 2.79. The molecule has 0 amide bonds. The monoisotopic (exact) mass is 276 g/mol. The van der Waals surface area contributed by atoms with Gasteiger partial charge in [0.1, 0.15) is 11.8 Å². The van der Waals surface area contributed by atoms with Gasteiger partial charge < -0.3 is 10.8 Å². The predicted molar refractivity (Wildman–Crippen MR) is 53.5 cm³/mol. The Bertz CT molecular complexity index is 417. The normalized spacial score (nSPS) is 12.5. The Kier molecular flexibility index (Phi) is 3.61. The molecule has 0 fully saturated rings. The van der Waals surface area contributed by atoms with E-state index in [0.717, 1.165) is 0 Å². The first-order valence-electron chi connectivity index (χ1n) is 3.94. The molecule has 3 N–H and O–H groups in total. The summed E-state index contributed by atoms with van der Waals surface area (Å²) in [5, 5.41) is 18.1. The molecule has 0 bridgehead atoms. The van der Waals surface area contributed by atoms with Crippen molar-refractivity contribution in [2.45, 2.75) is 12.5 Å². The lowest BCUT2D eigenvalue weighted by Crippen LogP contribution is -2.19. The van der Waals surface area contributed by atoms with Crippen LogP contribution in [0.2, 0.25) is 0 Å². The van der Waals surface area contributed by atoms with Crippen molar-refractivity contribution in [1.82, 2.24) is 0 Å². The number of rotatable bonds is 2. The molecular formula is C9H7BrF2N2O. The van der Waals surface area contributed by atoms with Crippen molar-refractivity contribution in [3.63, 3.8) is 0 Å². The van der Waals surface area contributed by atoms with Gasteiger partial charge in [-0.3, -0.25) is 0 Å². The highest BCUT2D eigenvalue weighted by Crippen LogP contribution is 2.35. The third-order valence-corrected chi connectivity index (χ3v) is 2.58. The van der Waals surface area contributed by atoms with Gasteiger partial charge in [0.05, 0.1) is 11.6 Å². The summed E-state index contributed by atoms with van der Waals surface area (Å²) in [4.78, 5) is 0. The van der Waals surface area contributed by atoms with Crippen molar-refractivity contribution >= 4 is 15.9 Å². The molecule has 0 aliphatic carbocycles. The van der Waals surface area contributed by atoms with Gasteiger partial charge in [0.15, 0.2) is 0 Å². The maximum atomic E-state index is 12.4. The Morgan fingerprint density at radius 2 is 2.07 bits per heavy atom. The van der Waals surface area contributed by atoms with E-state index in [1.165, 1.54) is 12.1 Å². The quantitative estimate of drug-likeness (QED) is 0.871. The molecule has 1 rings (SSSR count). The minimum absolute atomic E-state index is 0.0794. The van der Waals surface area contributed by atoms with Crippen molar-refractivity contribution in [1.29, 1.82) is 5.26 Å². The van der Waals surface area contributed by atoms with Crippen LogP contribution >= 0.6 is 15.9 Å². The lowest BCUT2D eigenvalue weighted by Gasteiger charge is -2.15. The zero-order valence-corrected chi connectivity index (χ0v) is 9.00. The molecule has 0 unspecified atom stereocenters. The minimum Gasteiger partial charge on any atom is -0.506 e. The van der Waals surface area contributed by atoms with Crippen LogP contribution < -0.4 is 5.73 Å². The molecule has 1 atom stereocenters. The van der Waals surface area contributed by atoms with Crippen LogP contribution in [0.4, 0.5) is 8.78 Å². The predicted octanol–water partition coefficient (Wildman–Crippen LogP) is 2.29. The Balaban J connectivity index is 3.34. The van der Waals surface area contributed by atoms with Gasteiger partial charge >= 0.3 is 0 Å². The van der Waals surface area contributed by atoms with Gasteiger partial charge in [0, 0.05) is 10.0 Å². The van der Waals surface area contributed by atoms with Crippen LogP contribution in [0.3, 0.4) is 0 Å². The molecule has 80 valence electrons. The number of benzene rings is 1. The van der Waals surface area contributed by atoms with Crippen LogP contribution in [-0.4, -0.2) is 11.5 Å². The average Bonchev–Trinajstić information content (AvgIpc) is 2.17. The molecule has 0 saturated carbocycles. The number of alkyl halides is 2. The summed E-state index contributed by atoms with van der Waals surface area (Å²) in [5.74, 6) is -0.500. The number of phenols is 1. The van der Waals surface area contributed by atoms with E-state index in [4.69, 9.17) is 11.0 Å². The fourth-order valence-corrected chi connectivity index (χ4v) is 1.70. The molecule has 0 heterocycles. The number of hydrogen-bond acceptors (Lipinski definition) is 3. The third kappa shape index (κ3) is 2.25. The molecule has 1 aromatic carbocycles. The maximum Gasteiger partial charge on any atom is 0.257 e. The topological polar surface area (TPSA) is 70.0 Å². The van der Waals surface area contributed by atoms with Crippen LogP contribution in [0.15, 0.2) is 16.6 Å². The summed E-state index contributed by atoms with van der Waals surface area (Å²) >= 11 is 3.00. The maximum absolute atomic E-state index is 12.4. The zero-order valence-electron chi connectivity index (χ0n) is 7.42. The van der Waals surface area contributed by atoms with E-state index >= 15 is 0 Å². The summed E-state index contributed by atoms with van der Waals surface area (Å²) in [6.45, 7) is 0. The summed E-state index contributed by atoms with van der Waals surface area (Å²) in [5.41, 5.74) is 4.99. The first-order valence-corrected chi connectivity index (χ1v) is 4.73. The Morgan fingerprint density at radius 3 is 2.53 bits per heavy atom. The average molecular weight is 277 g/mol. The molecule has 0 aliphatic heterocycles. The SMILES string of the molecule is N#Cc1ccc(Br)c([C@H](N)C(F)F)c1O. The fourth-order valence-electron chi connectivity index (χ4n) is 1.12. The first kappa shape index (κ1) is 11.9. The van der Waals surface area contributed by atoms with Crippen molar-refractivity contribution in [3.8, 4) is 11.8 Å². The number of halogens is 3. The van der Waals surface area contributed by atoms with Crippen molar-refractivity contribution < 1.29 is 13.9 Å². The third-order valence-electron chi connectivity index (χ3n) is 1.89. The van der Waals surface area contributed by atoms with Gasteiger partial charge in [-0.15, -0.1) is 0 Å². The van der Waals surface area contributed by atoms with Crippen molar-refractivity contribution in [2.75, 3.05) is 0 Å². The van der Waals surface area contributed by atoms with E-state index in [1.807, 2.05) is 0 Å². The smallest absolute Gasteiger partial charge is 0.257 e. The van der Waals surface area contributed by atoms with Gasteiger partial charge in [-0.1, -0.05) is 15.9 Å². The lowest BCUT2D eigenvalue weighted by molar-refractivity contribution is 0.115. The van der Waals surface area contributed by atoms with E-state index in [0.29, 0.717) is 0 Å². The van der Waals surface area contributed by atoms with Crippen LogP contribution in [0.25, 0.3) is 0 Å². The van der Waals surface area contributed by atoms with E-state index in [2.05, 4.69) is 15.9 Å². The number of hydrogen-bond donors (Lipinski definition) is 2. The second-order valence-corrected chi connectivity index (χ2v) is 3.68. The van der Waals surface area contributed by atoms with Gasteiger partial charge in [-0.05, 0) is 12.1 Å². The largest absolute Gasteiger partial charge is 0.506 e. The first-order chi connectivity index (χ1) is 6.99. The molecule has 0 spiro atoms. The van der Waals surface area contributed by atoms with E-state index < -0.39 is 18.2 Å². The molecular weight excluding hydrogens is 270 g/mol. The zero-order chi connectivity index (χ0) is 11.6. The van der Waals surface area contributed by atoms with Crippen LogP contribution in [-0.2, 0) is 0 Å². The Hall–Kier alpha value is -1.19. The summed E-state index contributed by atoms with van der Waals surface area (Å²) in [7, 11) is 0. The van der Waals surface area contributed by atoms with E-state index in [-0.39, 0.29) is 15.6 Å².